The highest BCUT2D eigenvalue weighted by molar-refractivity contribution is 7.12. The van der Waals surface area contributed by atoms with Gasteiger partial charge in [0.25, 0.3) is 5.91 Å². The van der Waals surface area contributed by atoms with Gasteiger partial charge in [0.1, 0.15) is 11.2 Å². The van der Waals surface area contributed by atoms with Crippen molar-refractivity contribution in [2.45, 2.75) is 0 Å². The number of primary amides is 1. The van der Waals surface area contributed by atoms with Gasteiger partial charge in [-0.2, -0.15) is 15.4 Å². The number of rotatable bonds is 2. The Balaban J connectivity index is 2.19. The first-order valence-corrected chi connectivity index (χ1v) is 5.46. The second kappa shape index (κ2) is 3.59. The van der Waals surface area contributed by atoms with Gasteiger partial charge in [-0.25, -0.2) is 0 Å². The van der Waals surface area contributed by atoms with Crippen molar-refractivity contribution in [2.24, 2.45) is 5.73 Å². The van der Waals surface area contributed by atoms with Gasteiger partial charge in [0, 0.05) is 5.56 Å². The Kier molecular flexibility index (Phi) is 2.08. The fraction of sp³-hybridized carbons (Fsp3) is 0. The Morgan fingerprint density at radius 3 is 3.06 bits per heavy atom. The topological polar surface area (TPSA) is 110 Å². The van der Waals surface area contributed by atoms with Crippen molar-refractivity contribution in [2.75, 3.05) is 0 Å². The monoisotopic (exact) mass is 246 g/mol. The number of nitrogens with zero attached hydrogens (tertiary/aromatic N) is 4. The number of fused-ring (bicyclic) bond motifs is 1. The molecule has 17 heavy (non-hydrogen) atoms. The molecule has 0 unspecified atom stereocenters. The van der Waals surface area contributed by atoms with Crippen LogP contribution in [0.2, 0.25) is 0 Å². The van der Waals surface area contributed by atoms with Gasteiger partial charge in [0.2, 0.25) is 0 Å². The summed E-state index contributed by atoms with van der Waals surface area (Å²) in [7, 11) is 0. The van der Waals surface area contributed by atoms with E-state index in [-0.39, 0.29) is 5.69 Å². The smallest absolute Gasteiger partial charge is 0.271 e. The number of carbonyl (C=O) groups excluding carboxylic acids is 1. The number of nitrogens with two attached hydrogens (primary N) is 1. The molecule has 0 fully saturated rings. The molecule has 0 saturated heterocycles. The lowest BCUT2D eigenvalue weighted by Gasteiger charge is -1.97. The van der Waals surface area contributed by atoms with Gasteiger partial charge >= 0.3 is 0 Å². The summed E-state index contributed by atoms with van der Waals surface area (Å²) in [6.07, 6.45) is 0. The number of H-pyrrole nitrogens is 1. The summed E-state index contributed by atoms with van der Waals surface area (Å²) in [5.41, 5.74) is 7.23. The second-order valence-corrected chi connectivity index (χ2v) is 4.13. The predicted molar refractivity (Wildman–Crippen MR) is 61.3 cm³/mol. The minimum atomic E-state index is -0.620. The Bertz CT molecular complexity index is 702. The minimum absolute atomic E-state index is 0.118. The average molecular weight is 246 g/mol. The molecule has 0 atom stereocenters. The van der Waals surface area contributed by atoms with Gasteiger partial charge in [-0.15, -0.1) is 5.10 Å². The molecular weight excluding hydrogens is 240 g/mol. The maximum Gasteiger partial charge on any atom is 0.271 e. The summed E-state index contributed by atoms with van der Waals surface area (Å²) in [4.78, 5) is 11.1. The van der Waals surface area contributed by atoms with Crippen LogP contribution < -0.4 is 5.73 Å². The number of amides is 1. The van der Waals surface area contributed by atoms with Crippen LogP contribution in [0.4, 0.5) is 0 Å². The maximum absolute atomic E-state index is 11.1. The lowest BCUT2D eigenvalue weighted by molar-refractivity contribution is 0.0996. The minimum Gasteiger partial charge on any atom is -0.364 e. The number of carbonyl (C=O) groups is 1. The molecule has 0 aliphatic carbocycles. The van der Waals surface area contributed by atoms with Crippen LogP contribution in [0.1, 0.15) is 10.5 Å². The van der Waals surface area contributed by atoms with Crippen molar-refractivity contribution < 1.29 is 4.79 Å². The summed E-state index contributed by atoms with van der Waals surface area (Å²) in [5, 5.41) is 14.0. The van der Waals surface area contributed by atoms with Crippen molar-refractivity contribution in [3.05, 3.63) is 23.9 Å². The zero-order valence-corrected chi connectivity index (χ0v) is 9.23. The molecule has 1 aromatic carbocycles. The predicted octanol–water partition coefficient (Wildman–Crippen LogP) is 0.575. The highest BCUT2D eigenvalue weighted by Crippen LogP contribution is 2.24. The van der Waals surface area contributed by atoms with Crippen LogP contribution in [0.15, 0.2) is 18.2 Å². The van der Waals surface area contributed by atoms with Crippen LogP contribution in [-0.2, 0) is 0 Å². The summed E-state index contributed by atoms with van der Waals surface area (Å²) < 4.78 is 4.81. The van der Waals surface area contributed by atoms with Crippen LogP contribution >= 0.6 is 11.5 Å². The van der Waals surface area contributed by atoms with E-state index < -0.39 is 5.91 Å². The zero-order chi connectivity index (χ0) is 11.8. The van der Waals surface area contributed by atoms with Crippen molar-refractivity contribution in [3.8, 4) is 11.3 Å². The van der Waals surface area contributed by atoms with E-state index in [0.29, 0.717) is 5.69 Å². The molecule has 2 heterocycles. The Labute approximate surface area is 98.8 Å². The van der Waals surface area contributed by atoms with Gasteiger partial charge < -0.3 is 5.73 Å². The SMILES string of the molecule is NC(=O)c1n[nH]nc1-c1ccc2snnc2c1. The highest BCUT2D eigenvalue weighted by Gasteiger charge is 2.15. The molecule has 84 valence electrons. The molecule has 3 N–H and O–H groups in total. The standard InChI is InChI=1S/C9H6N6OS/c10-9(16)8-7(12-14-13-8)4-1-2-6-5(3-4)11-15-17-6/h1-3H,(H2,10,16)(H,12,13,14). The van der Waals surface area contributed by atoms with E-state index in [4.69, 9.17) is 5.73 Å². The Hall–Kier alpha value is -2.35. The molecule has 0 spiro atoms. The molecule has 3 rings (SSSR count). The largest absolute Gasteiger partial charge is 0.364 e. The molecule has 7 nitrogen and oxygen atoms in total. The van der Waals surface area contributed by atoms with E-state index in [0.717, 1.165) is 15.8 Å². The van der Waals surface area contributed by atoms with Crippen LogP contribution in [-0.4, -0.2) is 30.9 Å². The number of aromatic nitrogens is 5. The molecule has 0 bridgehead atoms. The lowest BCUT2D eigenvalue weighted by atomic mass is 10.1. The fourth-order valence-electron chi connectivity index (χ4n) is 1.53. The van der Waals surface area contributed by atoms with Gasteiger partial charge in [-0.3, -0.25) is 4.79 Å². The number of hydrogen-bond donors (Lipinski definition) is 2. The van der Waals surface area contributed by atoms with Crippen LogP contribution in [0.3, 0.4) is 0 Å². The van der Waals surface area contributed by atoms with E-state index in [1.165, 1.54) is 11.5 Å². The Morgan fingerprint density at radius 2 is 2.24 bits per heavy atom. The maximum atomic E-state index is 11.1. The summed E-state index contributed by atoms with van der Waals surface area (Å²) >= 11 is 1.31. The molecule has 1 amide bonds. The average Bonchev–Trinajstić information content (AvgIpc) is 2.96. The van der Waals surface area contributed by atoms with Gasteiger partial charge in [0.05, 0.1) is 4.70 Å². The molecule has 0 aliphatic rings. The molecule has 8 heteroatoms. The fourth-order valence-corrected chi connectivity index (χ4v) is 2.07. The van der Waals surface area contributed by atoms with Crippen LogP contribution in [0, 0.1) is 0 Å². The van der Waals surface area contributed by atoms with E-state index in [1.54, 1.807) is 6.07 Å². The van der Waals surface area contributed by atoms with E-state index >= 15 is 0 Å². The number of aromatic amines is 1. The first-order chi connectivity index (χ1) is 8.25. The number of nitrogens with one attached hydrogen (secondary N) is 1. The third kappa shape index (κ3) is 1.54. The summed E-state index contributed by atoms with van der Waals surface area (Å²) in [6.45, 7) is 0. The van der Waals surface area contributed by atoms with Crippen LogP contribution in [0.5, 0.6) is 0 Å². The molecule has 0 radical (unpaired) electrons. The highest BCUT2D eigenvalue weighted by atomic mass is 32.1. The normalized spacial score (nSPS) is 10.8. The van der Waals surface area contributed by atoms with Crippen LogP contribution in [0.25, 0.3) is 21.5 Å². The van der Waals surface area contributed by atoms with E-state index in [2.05, 4.69) is 25.0 Å². The molecule has 3 aromatic rings. The second-order valence-electron chi connectivity index (χ2n) is 3.34. The van der Waals surface area contributed by atoms with Crippen molar-refractivity contribution in [3.63, 3.8) is 0 Å². The molecule has 0 aliphatic heterocycles. The molecule has 0 saturated carbocycles. The van der Waals surface area contributed by atoms with Gasteiger partial charge in [0.15, 0.2) is 5.69 Å². The van der Waals surface area contributed by atoms with Gasteiger partial charge in [-0.05, 0) is 23.7 Å². The van der Waals surface area contributed by atoms with E-state index in [9.17, 15) is 4.79 Å². The lowest BCUT2D eigenvalue weighted by Crippen LogP contribution is -2.12. The quantitative estimate of drug-likeness (QED) is 0.687. The van der Waals surface area contributed by atoms with E-state index in [1.807, 2.05) is 12.1 Å². The summed E-state index contributed by atoms with van der Waals surface area (Å²) in [5.74, 6) is -0.620. The zero-order valence-electron chi connectivity index (χ0n) is 8.41. The first-order valence-electron chi connectivity index (χ1n) is 4.69. The number of benzene rings is 1. The Morgan fingerprint density at radius 1 is 1.35 bits per heavy atom. The number of hydrogen-bond acceptors (Lipinski definition) is 6. The first kappa shape index (κ1) is 9.85. The molecule has 2 aromatic heterocycles. The summed E-state index contributed by atoms with van der Waals surface area (Å²) in [6, 6.07) is 5.49. The molecular formula is C9H6N6OS. The van der Waals surface area contributed by atoms with Crippen molar-refractivity contribution in [1.29, 1.82) is 0 Å². The van der Waals surface area contributed by atoms with Gasteiger partial charge in [-0.1, -0.05) is 10.6 Å². The van der Waals surface area contributed by atoms with Crippen molar-refractivity contribution in [1.82, 2.24) is 25.0 Å². The third-order valence-electron chi connectivity index (χ3n) is 2.30. The van der Waals surface area contributed by atoms with Crippen molar-refractivity contribution >= 4 is 27.7 Å². The third-order valence-corrected chi connectivity index (χ3v) is 3.01.